The molecule has 2 aromatic rings. The fourth-order valence-corrected chi connectivity index (χ4v) is 3.03. The zero-order valence-electron chi connectivity index (χ0n) is 14.3. The number of unbranched alkanes of at least 4 members (excludes halogenated alkanes) is 2. The first-order valence-electron chi connectivity index (χ1n) is 8.06. The van der Waals surface area contributed by atoms with Gasteiger partial charge in [-0.1, -0.05) is 31.9 Å². The van der Waals surface area contributed by atoms with Crippen molar-refractivity contribution in [3.8, 4) is 11.5 Å². The Morgan fingerprint density at radius 2 is 1.76 bits per heavy atom. The fraction of sp³-hybridized carbons (Fsp3) is 0.333. The number of benzene rings is 2. The first-order valence-corrected chi connectivity index (χ1v) is 9.95. The molecule has 2 aromatic carbocycles. The molecule has 2 rings (SSSR count). The van der Waals surface area contributed by atoms with E-state index in [4.69, 9.17) is 4.74 Å². The highest BCUT2D eigenvalue weighted by molar-refractivity contribution is 7.90. The number of aryl methyl sites for hydroxylation is 1. The number of sulfone groups is 1. The summed E-state index contributed by atoms with van der Waals surface area (Å²) in [7, 11) is -3.53. The molecule has 7 heteroatoms. The summed E-state index contributed by atoms with van der Waals surface area (Å²) in [6, 6.07) is 11.0. The molecule has 0 unspecified atom stereocenters. The van der Waals surface area contributed by atoms with Crippen molar-refractivity contribution in [2.24, 2.45) is 0 Å². The molecule has 0 saturated carbocycles. The van der Waals surface area contributed by atoms with Crippen LogP contribution >= 0.6 is 0 Å². The summed E-state index contributed by atoms with van der Waals surface area (Å²) in [6.45, 7) is 2.15. The van der Waals surface area contributed by atoms with Crippen LogP contribution in [-0.2, 0) is 16.3 Å². The van der Waals surface area contributed by atoms with E-state index in [1.807, 2.05) is 12.1 Å². The second kappa shape index (κ2) is 8.11. The van der Waals surface area contributed by atoms with Crippen LogP contribution in [0.1, 0.15) is 31.7 Å². The van der Waals surface area contributed by atoms with Gasteiger partial charge in [-0.2, -0.15) is 0 Å². The van der Waals surface area contributed by atoms with Crippen molar-refractivity contribution in [2.75, 3.05) is 6.26 Å². The van der Waals surface area contributed by atoms with Gasteiger partial charge in [-0.05, 0) is 42.7 Å². The van der Waals surface area contributed by atoms with Gasteiger partial charge in [0.25, 0.3) is 0 Å². The lowest BCUT2D eigenvalue weighted by Crippen LogP contribution is -2.00. The molecule has 0 N–H and O–H groups in total. The molecule has 0 aromatic heterocycles. The topological polar surface area (TPSA) is 86.5 Å². The van der Waals surface area contributed by atoms with Gasteiger partial charge in [-0.25, -0.2) is 8.42 Å². The predicted octanol–water partition coefficient (Wildman–Crippen LogP) is 4.52. The van der Waals surface area contributed by atoms with Gasteiger partial charge >= 0.3 is 5.69 Å². The molecule has 134 valence electrons. The van der Waals surface area contributed by atoms with Crippen molar-refractivity contribution in [1.82, 2.24) is 0 Å². The monoisotopic (exact) mass is 363 g/mol. The SMILES string of the molecule is CCCCCc1ccc(Oc2ccc(S(C)(=O)=O)cc2[N+](=O)[O-])cc1. The molecule has 0 aliphatic carbocycles. The average molecular weight is 363 g/mol. The first-order chi connectivity index (χ1) is 11.8. The van der Waals surface area contributed by atoms with Gasteiger partial charge in [0.05, 0.1) is 9.82 Å². The number of nitro groups is 1. The van der Waals surface area contributed by atoms with E-state index in [0.29, 0.717) is 5.75 Å². The van der Waals surface area contributed by atoms with Gasteiger partial charge in [-0.15, -0.1) is 0 Å². The standard InChI is InChI=1S/C18H21NO5S/c1-3-4-5-6-14-7-9-15(10-8-14)24-18-12-11-16(25(2,22)23)13-17(18)19(20)21/h7-13H,3-6H2,1-2H3. The van der Waals surface area contributed by atoms with Crippen LogP contribution in [0.4, 0.5) is 5.69 Å². The highest BCUT2D eigenvalue weighted by Gasteiger charge is 2.20. The van der Waals surface area contributed by atoms with Crippen LogP contribution in [0.5, 0.6) is 11.5 Å². The summed E-state index contributed by atoms with van der Waals surface area (Å²) in [5.74, 6) is 0.477. The van der Waals surface area contributed by atoms with E-state index in [9.17, 15) is 18.5 Å². The molecule has 0 spiro atoms. The largest absolute Gasteiger partial charge is 0.450 e. The molecule has 0 radical (unpaired) electrons. The lowest BCUT2D eigenvalue weighted by Gasteiger charge is -2.08. The van der Waals surface area contributed by atoms with E-state index in [2.05, 4.69) is 6.92 Å². The molecule has 0 fully saturated rings. The van der Waals surface area contributed by atoms with Crippen LogP contribution in [-0.4, -0.2) is 19.6 Å². The third-order valence-electron chi connectivity index (χ3n) is 3.78. The smallest absolute Gasteiger partial charge is 0.312 e. The summed E-state index contributed by atoms with van der Waals surface area (Å²) < 4.78 is 28.7. The van der Waals surface area contributed by atoms with E-state index < -0.39 is 14.8 Å². The number of ether oxygens (including phenoxy) is 1. The summed E-state index contributed by atoms with van der Waals surface area (Å²) in [5, 5.41) is 11.2. The highest BCUT2D eigenvalue weighted by atomic mass is 32.2. The maximum absolute atomic E-state index is 11.6. The Morgan fingerprint density at radius 1 is 1.08 bits per heavy atom. The molecule has 0 heterocycles. The minimum atomic E-state index is -3.53. The molecule has 0 amide bonds. The maximum Gasteiger partial charge on any atom is 0.312 e. The normalized spacial score (nSPS) is 11.3. The van der Waals surface area contributed by atoms with E-state index in [0.717, 1.165) is 31.6 Å². The zero-order chi connectivity index (χ0) is 18.4. The quantitative estimate of drug-likeness (QED) is 0.391. The highest BCUT2D eigenvalue weighted by Crippen LogP contribution is 2.33. The second-order valence-corrected chi connectivity index (χ2v) is 7.88. The summed E-state index contributed by atoms with van der Waals surface area (Å²) >= 11 is 0. The second-order valence-electron chi connectivity index (χ2n) is 5.86. The zero-order valence-corrected chi connectivity index (χ0v) is 15.1. The lowest BCUT2D eigenvalue weighted by molar-refractivity contribution is -0.385. The molecular formula is C18H21NO5S. The van der Waals surface area contributed by atoms with Crippen molar-refractivity contribution in [3.63, 3.8) is 0 Å². The van der Waals surface area contributed by atoms with Gasteiger partial charge in [0, 0.05) is 12.3 Å². The molecule has 25 heavy (non-hydrogen) atoms. The Hall–Kier alpha value is -2.41. The van der Waals surface area contributed by atoms with Crippen molar-refractivity contribution in [2.45, 2.75) is 37.5 Å². The van der Waals surface area contributed by atoms with Gasteiger partial charge < -0.3 is 4.74 Å². The molecule has 0 atom stereocenters. The van der Waals surface area contributed by atoms with Gasteiger partial charge in [0.1, 0.15) is 5.75 Å². The molecule has 0 saturated heterocycles. The average Bonchev–Trinajstić information content (AvgIpc) is 2.56. The van der Waals surface area contributed by atoms with E-state index >= 15 is 0 Å². The van der Waals surface area contributed by atoms with E-state index in [1.54, 1.807) is 12.1 Å². The molecule has 0 aliphatic heterocycles. The van der Waals surface area contributed by atoms with E-state index in [1.165, 1.54) is 24.1 Å². The first kappa shape index (κ1) is 18.9. The fourth-order valence-electron chi connectivity index (χ4n) is 2.39. The molecule has 0 bridgehead atoms. The van der Waals surface area contributed by atoms with Crippen molar-refractivity contribution in [3.05, 3.63) is 58.1 Å². The van der Waals surface area contributed by atoms with Crippen LogP contribution in [0.25, 0.3) is 0 Å². The Morgan fingerprint density at radius 3 is 2.32 bits per heavy atom. The number of nitro benzene ring substituents is 1. The van der Waals surface area contributed by atoms with Crippen LogP contribution in [0.15, 0.2) is 47.4 Å². The summed E-state index contributed by atoms with van der Waals surface area (Å²) in [5.41, 5.74) is 0.803. The molecular weight excluding hydrogens is 342 g/mol. The lowest BCUT2D eigenvalue weighted by atomic mass is 10.1. The number of hydrogen-bond acceptors (Lipinski definition) is 5. The Kier molecular flexibility index (Phi) is 6.14. The van der Waals surface area contributed by atoms with Crippen LogP contribution in [0, 0.1) is 10.1 Å². The van der Waals surface area contributed by atoms with Gasteiger partial charge in [-0.3, -0.25) is 10.1 Å². The molecule has 6 nitrogen and oxygen atoms in total. The van der Waals surface area contributed by atoms with Crippen molar-refractivity contribution < 1.29 is 18.1 Å². The van der Waals surface area contributed by atoms with E-state index in [-0.39, 0.29) is 16.3 Å². The Bertz CT molecular complexity index is 844. The third kappa shape index (κ3) is 5.29. The predicted molar refractivity (Wildman–Crippen MR) is 96.0 cm³/mol. The Balaban J connectivity index is 2.20. The van der Waals surface area contributed by atoms with Crippen molar-refractivity contribution >= 4 is 15.5 Å². The Labute approximate surface area is 147 Å². The molecule has 0 aliphatic rings. The maximum atomic E-state index is 11.6. The van der Waals surface area contributed by atoms with Crippen LogP contribution in [0.3, 0.4) is 0 Å². The van der Waals surface area contributed by atoms with Crippen LogP contribution in [0.2, 0.25) is 0 Å². The van der Waals surface area contributed by atoms with Crippen LogP contribution < -0.4 is 4.74 Å². The van der Waals surface area contributed by atoms with Gasteiger partial charge in [0.2, 0.25) is 5.75 Å². The van der Waals surface area contributed by atoms with Crippen molar-refractivity contribution in [1.29, 1.82) is 0 Å². The minimum absolute atomic E-state index is 0.0103. The number of hydrogen-bond donors (Lipinski definition) is 0. The summed E-state index contributed by atoms with van der Waals surface area (Å²) in [4.78, 5) is 10.5. The third-order valence-corrected chi connectivity index (χ3v) is 4.89. The minimum Gasteiger partial charge on any atom is -0.450 e. The van der Waals surface area contributed by atoms with Gasteiger partial charge in [0.15, 0.2) is 9.84 Å². The number of rotatable bonds is 8. The summed E-state index contributed by atoms with van der Waals surface area (Å²) in [6.07, 6.45) is 5.45. The number of nitrogens with zero attached hydrogens (tertiary/aromatic N) is 1.